The number of aliphatic hydroxyl groups excluding tert-OH is 2. The van der Waals surface area contributed by atoms with Gasteiger partial charge in [-0.15, -0.1) is 0 Å². The van der Waals surface area contributed by atoms with Crippen molar-refractivity contribution in [2.24, 2.45) is 10.8 Å². The highest BCUT2D eigenvalue weighted by Crippen LogP contribution is 2.44. The molecule has 2 aliphatic carbocycles. The molecule has 0 amide bonds. The van der Waals surface area contributed by atoms with E-state index in [0.29, 0.717) is 11.3 Å². The number of rotatable bonds is 9. The van der Waals surface area contributed by atoms with Gasteiger partial charge in [-0.3, -0.25) is 9.59 Å². The molecule has 47 heavy (non-hydrogen) atoms. The Labute approximate surface area is 285 Å². The van der Waals surface area contributed by atoms with E-state index in [1.807, 2.05) is 95.0 Å². The highest BCUT2D eigenvalue weighted by atomic mass is 31.2. The van der Waals surface area contributed by atoms with Gasteiger partial charge in [-0.05, 0) is 60.3 Å². The van der Waals surface area contributed by atoms with E-state index in [0.717, 1.165) is 56.9 Å². The van der Waals surface area contributed by atoms with Gasteiger partial charge in [-0.1, -0.05) is 113 Å². The molecule has 0 spiro atoms. The molecule has 260 valence electrons. The molecular weight excluding hydrogens is 607 g/mol. The van der Waals surface area contributed by atoms with Crippen molar-refractivity contribution in [1.82, 2.24) is 0 Å². The molecule has 2 aliphatic rings. The van der Waals surface area contributed by atoms with Crippen molar-refractivity contribution >= 4 is 31.5 Å². The first-order chi connectivity index (χ1) is 22.0. The highest BCUT2D eigenvalue weighted by Gasteiger charge is 2.34. The lowest BCUT2D eigenvalue weighted by molar-refractivity contribution is -0.125. The fourth-order valence-corrected chi connectivity index (χ4v) is 6.99. The van der Waals surface area contributed by atoms with Crippen molar-refractivity contribution < 1.29 is 28.8 Å². The number of hydrogen-bond acceptors (Lipinski definition) is 6. The summed E-state index contributed by atoms with van der Waals surface area (Å²) in [6.07, 6.45) is 13.7. The monoisotopic (exact) mass is 666 g/mol. The van der Waals surface area contributed by atoms with Crippen molar-refractivity contribution in [3.05, 3.63) is 83.9 Å². The van der Waals surface area contributed by atoms with Gasteiger partial charge in [0.2, 0.25) is 8.38 Å². The van der Waals surface area contributed by atoms with Crippen LogP contribution in [0.25, 0.3) is 11.5 Å². The van der Waals surface area contributed by atoms with E-state index >= 15 is 0 Å². The van der Waals surface area contributed by atoms with Crippen LogP contribution in [0.4, 0.5) is 0 Å². The number of carbonyl (C=O) groups is 2. The standard InChI is InChI=1S/C21H31O3P.C16H20O2.C3H8O/c1-20(2,3)24-25(5)23-18(17-12-8-6-9-13-17)16-19(22)21(4)14-10-7-11-15-21;1-16(10-6-3-7-11-16)15(18)12-14(17)13-8-4-2-5-9-13;1-3(2)4/h6,8-9,12-13,16H,7,10-11,14-15H2,1-5H3;2,4-5,8-9,12,17H,3,6-7,10-11H2,1H3;3-4H,1-2H3/b18-16-;14-12-;. The quantitative estimate of drug-likeness (QED) is 0.157. The average Bonchev–Trinajstić information content (AvgIpc) is 3.01. The van der Waals surface area contributed by atoms with E-state index in [2.05, 4.69) is 6.92 Å². The molecule has 0 heterocycles. The number of carbonyl (C=O) groups excluding carboxylic acids is 2. The minimum absolute atomic E-state index is 0.0588. The number of hydrogen-bond donors (Lipinski definition) is 2. The van der Waals surface area contributed by atoms with Gasteiger partial charge in [0.05, 0.1) is 5.60 Å². The molecule has 0 radical (unpaired) electrons. The maximum Gasteiger partial charge on any atom is 0.227 e. The Morgan fingerprint density at radius 1 is 0.745 bits per heavy atom. The largest absolute Gasteiger partial charge is 0.507 e. The predicted octanol–water partition coefficient (Wildman–Crippen LogP) is 10.9. The average molecular weight is 667 g/mol. The summed E-state index contributed by atoms with van der Waals surface area (Å²) in [5, 5.41) is 18.0. The summed E-state index contributed by atoms with van der Waals surface area (Å²) < 4.78 is 12.0. The van der Waals surface area contributed by atoms with Crippen molar-refractivity contribution in [3.8, 4) is 0 Å². The first kappa shape index (κ1) is 40.4. The maximum absolute atomic E-state index is 13.0. The molecule has 0 aromatic heterocycles. The Hall–Kier alpha value is -2.79. The summed E-state index contributed by atoms with van der Waals surface area (Å²) in [4.78, 5) is 25.2. The van der Waals surface area contributed by atoms with Crippen molar-refractivity contribution in [3.63, 3.8) is 0 Å². The summed E-state index contributed by atoms with van der Waals surface area (Å²) >= 11 is 0. The Morgan fingerprint density at radius 3 is 1.53 bits per heavy atom. The zero-order chi connectivity index (χ0) is 35.1. The molecule has 7 heteroatoms. The molecule has 2 fully saturated rings. The van der Waals surface area contributed by atoms with Gasteiger partial charge in [0.15, 0.2) is 11.6 Å². The minimum Gasteiger partial charge on any atom is -0.507 e. The van der Waals surface area contributed by atoms with Gasteiger partial charge in [0, 0.05) is 46.9 Å². The van der Waals surface area contributed by atoms with Crippen LogP contribution in [0.5, 0.6) is 0 Å². The molecule has 0 aliphatic heterocycles. The lowest BCUT2D eigenvalue weighted by Gasteiger charge is -2.31. The van der Waals surface area contributed by atoms with Crippen LogP contribution in [-0.2, 0) is 18.6 Å². The van der Waals surface area contributed by atoms with Crippen LogP contribution in [0, 0.1) is 10.8 Å². The molecular formula is C40H59O6P. The summed E-state index contributed by atoms with van der Waals surface area (Å²) in [5.41, 5.74) is 0.804. The van der Waals surface area contributed by atoms with Crippen molar-refractivity contribution in [1.29, 1.82) is 0 Å². The molecule has 2 aromatic carbocycles. The molecule has 0 bridgehead atoms. The van der Waals surface area contributed by atoms with Crippen LogP contribution in [0.2, 0.25) is 0 Å². The van der Waals surface area contributed by atoms with Gasteiger partial charge in [-0.25, -0.2) is 0 Å². The molecule has 2 N–H and O–H groups in total. The summed E-state index contributed by atoms with van der Waals surface area (Å²) in [6.45, 7) is 15.5. The Morgan fingerprint density at radius 2 is 1.13 bits per heavy atom. The topological polar surface area (TPSA) is 93.1 Å². The lowest BCUT2D eigenvalue weighted by atomic mass is 9.72. The van der Waals surface area contributed by atoms with E-state index in [9.17, 15) is 14.7 Å². The Balaban J connectivity index is 0.000000305. The van der Waals surface area contributed by atoms with Crippen molar-refractivity contribution in [2.45, 2.75) is 124 Å². The molecule has 1 atom stereocenters. The first-order valence-corrected chi connectivity index (χ1v) is 18.8. The number of aliphatic hydroxyl groups is 2. The second-order valence-electron chi connectivity index (χ2n) is 14.6. The van der Waals surface area contributed by atoms with Crippen LogP contribution in [0.1, 0.15) is 124 Å². The maximum atomic E-state index is 13.0. The minimum atomic E-state index is -1.12. The van der Waals surface area contributed by atoms with Crippen LogP contribution in [0.15, 0.2) is 72.8 Å². The third kappa shape index (κ3) is 14.9. The second-order valence-corrected chi connectivity index (χ2v) is 15.8. The lowest BCUT2D eigenvalue weighted by Crippen LogP contribution is -2.29. The molecule has 6 nitrogen and oxygen atoms in total. The molecule has 2 aromatic rings. The van der Waals surface area contributed by atoms with E-state index in [-0.39, 0.29) is 39.9 Å². The smallest absolute Gasteiger partial charge is 0.227 e. The fraction of sp³-hybridized carbons (Fsp3) is 0.550. The van der Waals surface area contributed by atoms with Gasteiger partial charge in [-0.2, -0.15) is 0 Å². The zero-order valence-electron chi connectivity index (χ0n) is 30.1. The van der Waals surface area contributed by atoms with Crippen LogP contribution >= 0.6 is 8.38 Å². The molecule has 2 saturated carbocycles. The third-order valence-corrected chi connectivity index (χ3v) is 9.65. The van der Waals surface area contributed by atoms with Gasteiger partial charge >= 0.3 is 0 Å². The number of allylic oxidation sites excluding steroid dienone is 2. The molecule has 0 saturated heterocycles. The summed E-state index contributed by atoms with van der Waals surface area (Å²) in [5.74, 6) is 0.927. The van der Waals surface area contributed by atoms with Crippen LogP contribution in [0.3, 0.4) is 0 Å². The Bertz CT molecular complexity index is 1280. The van der Waals surface area contributed by atoms with E-state index in [1.54, 1.807) is 19.9 Å². The van der Waals surface area contributed by atoms with Crippen LogP contribution in [-0.4, -0.2) is 40.1 Å². The van der Waals surface area contributed by atoms with Crippen LogP contribution < -0.4 is 0 Å². The normalized spacial score (nSPS) is 18.5. The Kier molecular flexibility index (Phi) is 16.6. The van der Waals surface area contributed by atoms with Gasteiger partial charge < -0.3 is 19.3 Å². The highest BCUT2D eigenvalue weighted by molar-refractivity contribution is 7.46. The second kappa shape index (κ2) is 19.3. The van der Waals surface area contributed by atoms with E-state index in [1.165, 1.54) is 18.9 Å². The van der Waals surface area contributed by atoms with E-state index < -0.39 is 8.38 Å². The number of benzene rings is 2. The zero-order valence-corrected chi connectivity index (χ0v) is 30.9. The SMILES string of the molecule is CC(C)O.CC1(C(=O)/C=C(\O)c2ccccc2)CCCCC1.CP(O/C(=C\C(=O)C1(C)CCCCC1)c1ccccc1)OC(C)(C)C. The first-order valence-electron chi connectivity index (χ1n) is 17.2. The van der Waals surface area contributed by atoms with Crippen molar-refractivity contribution in [2.75, 3.05) is 6.66 Å². The number of ketones is 2. The van der Waals surface area contributed by atoms with Gasteiger partial charge in [0.1, 0.15) is 11.5 Å². The fourth-order valence-electron chi connectivity index (χ4n) is 5.75. The third-order valence-electron chi connectivity index (χ3n) is 8.39. The molecule has 4 rings (SSSR count). The summed E-state index contributed by atoms with van der Waals surface area (Å²) in [7, 11) is -1.12. The molecule has 1 unspecified atom stereocenters. The van der Waals surface area contributed by atoms with Gasteiger partial charge in [0.25, 0.3) is 0 Å². The summed E-state index contributed by atoms with van der Waals surface area (Å²) in [6, 6.07) is 19.0. The predicted molar refractivity (Wildman–Crippen MR) is 196 cm³/mol. The van der Waals surface area contributed by atoms with E-state index in [4.69, 9.17) is 14.2 Å².